The van der Waals surface area contributed by atoms with E-state index >= 15 is 0 Å². The van der Waals surface area contributed by atoms with E-state index in [1.807, 2.05) is 6.07 Å². The van der Waals surface area contributed by atoms with Crippen molar-refractivity contribution in [2.24, 2.45) is 0 Å². The quantitative estimate of drug-likeness (QED) is 0.899. The van der Waals surface area contributed by atoms with Crippen molar-refractivity contribution in [3.63, 3.8) is 0 Å². The number of anilines is 1. The molecule has 2 aromatic rings. The molecule has 0 unspecified atom stereocenters. The van der Waals surface area contributed by atoms with Crippen molar-refractivity contribution < 1.29 is 4.79 Å². The van der Waals surface area contributed by atoms with E-state index in [9.17, 15) is 4.79 Å². The zero-order valence-corrected chi connectivity index (χ0v) is 10.7. The van der Waals surface area contributed by atoms with Gasteiger partial charge in [-0.2, -0.15) is 5.10 Å². The summed E-state index contributed by atoms with van der Waals surface area (Å²) in [4.78, 5) is 16.9. The number of urea groups is 1. The Morgan fingerprint density at radius 2 is 2.33 bits per heavy atom. The van der Waals surface area contributed by atoms with Gasteiger partial charge in [-0.1, -0.05) is 11.6 Å². The van der Waals surface area contributed by atoms with Crippen LogP contribution in [-0.4, -0.2) is 34.9 Å². The third-order valence-electron chi connectivity index (χ3n) is 2.44. The molecule has 18 heavy (non-hydrogen) atoms. The Labute approximate surface area is 109 Å². The summed E-state index contributed by atoms with van der Waals surface area (Å²) in [5.74, 6) is 0. The summed E-state index contributed by atoms with van der Waals surface area (Å²) >= 11 is 6.02. The first-order valence-electron chi connectivity index (χ1n) is 5.24. The molecule has 2 amide bonds. The Morgan fingerprint density at radius 3 is 2.94 bits per heavy atom. The zero-order chi connectivity index (χ0) is 13.1. The summed E-state index contributed by atoms with van der Waals surface area (Å²) in [5, 5.41) is 6.91. The van der Waals surface area contributed by atoms with Crippen molar-refractivity contribution in [3.05, 3.63) is 35.9 Å². The van der Waals surface area contributed by atoms with Gasteiger partial charge in [-0.15, -0.1) is 0 Å². The average molecular weight is 266 g/mol. The van der Waals surface area contributed by atoms with E-state index in [2.05, 4.69) is 15.4 Å². The number of halogens is 1. The molecular formula is C11H12ClN5O. The summed E-state index contributed by atoms with van der Waals surface area (Å²) < 4.78 is 1.57. The van der Waals surface area contributed by atoms with Gasteiger partial charge < -0.3 is 5.32 Å². The van der Waals surface area contributed by atoms with Crippen LogP contribution in [0, 0.1) is 0 Å². The first-order chi connectivity index (χ1) is 8.63. The highest BCUT2D eigenvalue weighted by molar-refractivity contribution is 6.32. The maximum Gasteiger partial charge on any atom is 0.321 e. The van der Waals surface area contributed by atoms with Gasteiger partial charge in [0.15, 0.2) is 5.15 Å². The van der Waals surface area contributed by atoms with Crippen LogP contribution in [0.1, 0.15) is 0 Å². The normalized spacial score (nSPS) is 10.2. The van der Waals surface area contributed by atoms with Crippen molar-refractivity contribution in [2.75, 3.05) is 19.0 Å². The van der Waals surface area contributed by atoms with Gasteiger partial charge in [0, 0.05) is 20.3 Å². The van der Waals surface area contributed by atoms with E-state index in [0.717, 1.165) is 5.69 Å². The van der Waals surface area contributed by atoms with Crippen molar-refractivity contribution in [3.8, 4) is 5.69 Å². The molecule has 0 saturated heterocycles. The molecule has 0 spiro atoms. The highest BCUT2D eigenvalue weighted by Crippen LogP contribution is 2.24. The van der Waals surface area contributed by atoms with Gasteiger partial charge >= 0.3 is 6.03 Å². The van der Waals surface area contributed by atoms with Crippen molar-refractivity contribution >= 4 is 23.3 Å². The van der Waals surface area contributed by atoms with E-state index in [-0.39, 0.29) is 11.2 Å². The van der Waals surface area contributed by atoms with Gasteiger partial charge in [0.05, 0.1) is 18.1 Å². The lowest BCUT2D eigenvalue weighted by Gasteiger charge is -2.14. The van der Waals surface area contributed by atoms with Crippen LogP contribution in [0.25, 0.3) is 5.69 Å². The van der Waals surface area contributed by atoms with Crippen LogP contribution in [0.15, 0.2) is 30.7 Å². The predicted octanol–water partition coefficient (Wildman–Crippen LogP) is 1.70. The lowest BCUT2D eigenvalue weighted by Crippen LogP contribution is -2.34. The third-order valence-corrected chi connectivity index (χ3v) is 2.71. The lowest BCUT2D eigenvalue weighted by molar-refractivity contribution is 0.249. The molecule has 0 fully saturated rings. The standard InChI is InChI=1S/C11H12ClN5O/c1-13-11(18)16(2)9-7-17(15-10(9)12)8-4-3-5-14-6-8/h3-7H,1-2H3,(H,13,18). The SMILES string of the molecule is CNC(=O)N(C)c1cn(-c2cccnc2)nc1Cl. The minimum atomic E-state index is -0.261. The van der Waals surface area contributed by atoms with Crippen LogP contribution in [0.2, 0.25) is 5.15 Å². The van der Waals surface area contributed by atoms with Crippen molar-refractivity contribution in [1.82, 2.24) is 20.1 Å². The minimum absolute atomic E-state index is 0.255. The number of rotatable bonds is 2. The fraction of sp³-hybridized carbons (Fsp3) is 0.182. The van der Waals surface area contributed by atoms with Gasteiger partial charge in [-0.25, -0.2) is 9.48 Å². The number of amides is 2. The lowest BCUT2D eigenvalue weighted by atomic mass is 10.4. The molecule has 0 radical (unpaired) electrons. The first kappa shape index (κ1) is 12.4. The summed E-state index contributed by atoms with van der Waals surface area (Å²) in [6.45, 7) is 0. The summed E-state index contributed by atoms with van der Waals surface area (Å²) in [5.41, 5.74) is 1.30. The summed E-state index contributed by atoms with van der Waals surface area (Å²) in [6.07, 6.45) is 5.01. The Hall–Kier alpha value is -2.08. The molecule has 6 nitrogen and oxygen atoms in total. The second-order valence-electron chi connectivity index (χ2n) is 3.58. The fourth-order valence-corrected chi connectivity index (χ4v) is 1.72. The second kappa shape index (κ2) is 5.05. The van der Waals surface area contributed by atoms with E-state index < -0.39 is 0 Å². The summed E-state index contributed by atoms with van der Waals surface area (Å²) in [6, 6.07) is 3.38. The van der Waals surface area contributed by atoms with Crippen molar-refractivity contribution in [2.45, 2.75) is 0 Å². The molecule has 0 bridgehead atoms. The molecule has 0 aliphatic rings. The number of aromatic nitrogens is 3. The molecule has 94 valence electrons. The number of nitrogens with zero attached hydrogens (tertiary/aromatic N) is 4. The Balaban J connectivity index is 2.36. The summed E-state index contributed by atoms with van der Waals surface area (Å²) in [7, 11) is 3.17. The Kier molecular flexibility index (Phi) is 3.47. The maximum absolute atomic E-state index is 11.5. The molecule has 2 heterocycles. The van der Waals surface area contributed by atoms with Gasteiger partial charge in [0.25, 0.3) is 0 Å². The highest BCUT2D eigenvalue weighted by Gasteiger charge is 2.16. The van der Waals surface area contributed by atoms with Crippen LogP contribution < -0.4 is 10.2 Å². The molecule has 0 saturated carbocycles. The van der Waals surface area contributed by atoms with Crippen LogP contribution >= 0.6 is 11.6 Å². The molecule has 2 rings (SSSR count). The number of hydrogen-bond acceptors (Lipinski definition) is 3. The van der Waals surface area contributed by atoms with Crippen LogP contribution in [0.3, 0.4) is 0 Å². The number of carbonyl (C=O) groups is 1. The largest absolute Gasteiger partial charge is 0.341 e. The maximum atomic E-state index is 11.5. The average Bonchev–Trinajstić information content (AvgIpc) is 2.80. The smallest absolute Gasteiger partial charge is 0.321 e. The van der Waals surface area contributed by atoms with Crippen molar-refractivity contribution in [1.29, 1.82) is 0 Å². The number of carbonyl (C=O) groups excluding carboxylic acids is 1. The molecule has 2 aromatic heterocycles. The van der Waals surface area contributed by atoms with Crippen LogP contribution in [0.5, 0.6) is 0 Å². The topological polar surface area (TPSA) is 63.1 Å². The monoisotopic (exact) mass is 265 g/mol. The number of hydrogen-bond donors (Lipinski definition) is 1. The van der Waals surface area contributed by atoms with Gasteiger partial charge in [0.2, 0.25) is 0 Å². The third kappa shape index (κ3) is 2.28. The molecule has 0 aromatic carbocycles. The van der Waals surface area contributed by atoms with Crippen LogP contribution in [-0.2, 0) is 0 Å². The van der Waals surface area contributed by atoms with E-state index in [4.69, 9.17) is 11.6 Å². The second-order valence-corrected chi connectivity index (χ2v) is 3.93. The van der Waals surface area contributed by atoms with Gasteiger partial charge in [0.1, 0.15) is 5.69 Å². The molecule has 0 aliphatic carbocycles. The molecule has 7 heteroatoms. The molecule has 1 N–H and O–H groups in total. The Bertz CT molecular complexity index is 554. The van der Waals surface area contributed by atoms with Crippen LogP contribution in [0.4, 0.5) is 10.5 Å². The van der Waals surface area contributed by atoms with E-state index in [1.165, 1.54) is 4.90 Å². The van der Waals surface area contributed by atoms with Gasteiger partial charge in [-0.05, 0) is 12.1 Å². The number of pyridine rings is 1. The van der Waals surface area contributed by atoms with E-state index in [0.29, 0.717) is 5.69 Å². The zero-order valence-electron chi connectivity index (χ0n) is 9.96. The molecule has 0 aliphatic heterocycles. The fourth-order valence-electron chi connectivity index (χ4n) is 1.47. The van der Waals surface area contributed by atoms with E-state index in [1.54, 1.807) is 43.4 Å². The highest BCUT2D eigenvalue weighted by atomic mass is 35.5. The first-order valence-corrected chi connectivity index (χ1v) is 5.62. The predicted molar refractivity (Wildman–Crippen MR) is 69.2 cm³/mol. The number of nitrogens with one attached hydrogen (secondary N) is 1. The van der Waals surface area contributed by atoms with Gasteiger partial charge in [-0.3, -0.25) is 9.88 Å². The minimum Gasteiger partial charge on any atom is -0.341 e. The Morgan fingerprint density at radius 1 is 1.56 bits per heavy atom. The molecular weight excluding hydrogens is 254 g/mol. The molecule has 0 atom stereocenters.